The van der Waals surface area contributed by atoms with Gasteiger partial charge in [-0.1, -0.05) is 49.2 Å². The van der Waals surface area contributed by atoms with Gasteiger partial charge in [-0.05, 0) is 56.9 Å². The smallest absolute Gasteiger partial charge is 0.243 e. The van der Waals surface area contributed by atoms with Crippen LogP contribution < -0.4 is 10.6 Å². The fourth-order valence-corrected chi connectivity index (χ4v) is 5.26. The van der Waals surface area contributed by atoms with Crippen LogP contribution in [0, 0.1) is 13.8 Å². The molecule has 1 unspecified atom stereocenters. The van der Waals surface area contributed by atoms with Crippen molar-refractivity contribution in [1.29, 1.82) is 0 Å². The zero-order chi connectivity index (χ0) is 24.1. The van der Waals surface area contributed by atoms with E-state index < -0.39 is 5.25 Å². The van der Waals surface area contributed by atoms with Gasteiger partial charge in [0.25, 0.3) is 0 Å². The summed E-state index contributed by atoms with van der Waals surface area (Å²) < 4.78 is 7.72. The summed E-state index contributed by atoms with van der Waals surface area (Å²) in [4.78, 5) is 25.2. The molecule has 34 heavy (non-hydrogen) atoms. The van der Waals surface area contributed by atoms with Crippen LogP contribution in [0.1, 0.15) is 56.2 Å². The summed E-state index contributed by atoms with van der Waals surface area (Å²) in [6.07, 6.45) is 7.30. The summed E-state index contributed by atoms with van der Waals surface area (Å²) in [7, 11) is 0. The summed E-state index contributed by atoms with van der Waals surface area (Å²) in [6, 6.07) is 9.83. The van der Waals surface area contributed by atoms with Crippen molar-refractivity contribution in [2.45, 2.75) is 69.3 Å². The molecule has 0 aliphatic heterocycles. The number of amides is 2. The average molecular weight is 482 g/mol. The first-order chi connectivity index (χ1) is 16.4. The summed E-state index contributed by atoms with van der Waals surface area (Å²) in [5.41, 5.74) is 2.76. The second kappa shape index (κ2) is 10.9. The Morgan fingerprint density at radius 3 is 2.53 bits per heavy atom. The first kappa shape index (κ1) is 24.1. The molecule has 1 saturated carbocycles. The molecule has 2 N–H and O–H groups in total. The number of para-hydroxylation sites is 1. The summed E-state index contributed by atoms with van der Waals surface area (Å²) in [6.45, 7) is 5.61. The van der Waals surface area contributed by atoms with E-state index in [1.54, 1.807) is 6.26 Å². The first-order valence-corrected chi connectivity index (χ1v) is 12.6. The standard InChI is InChI=1S/C25H31N5O3S/c1-16-9-7-10-17(2)22(16)27-21(31)15-26-24(32)18(3)34-25-29-28-23(20-13-8-14-33-20)30(25)19-11-5-4-6-12-19/h7-10,13-14,18-19H,4-6,11-12,15H2,1-3H3,(H,26,32)(H,27,31). The van der Waals surface area contributed by atoms with Gasteiger partial charge in [-0.25, -0.2) is 0 Å². The molecule has 8 nitrogen and oxygen atoms in total. The maximum Gasteiger partial charge on any atom is 0.243 e. The highest BCUT2D eigenvalue weighted by molar-refractivity contribution is 8.00. The summed E-state index contributed by atoms with van der Waals surface area (Å²) in [5, 5.41) is 14.7. The van der Waals surface area contributed by atoms with Crippen molar-refractivity contribution >= 4 is 29.3 Å². The number of anilines is 1. The molecule has 0 bridgehead atoms. The fraction of sp³-hybridized carbons (Fsp3) is 0.440. The van der Waals surface area contributed by atoms with Crippen LogP contribution in [-0.4, -0.2) is 38.4 Å². The number of furan rings is 1. The molecule has 1 atom stereocenters. The Labute approximate surface area is 203 Å². The number of nitrogens with one attached hydrogen (secondary N) is 2. The van der Waals surface area contributed by atoms with Gasteiger partial charge in [-0.2, -0.15) is 0 Å². The highest BCUT2D eigenvalue weighted by Gasteiger charge is 2.27. The number of thioether (sulfide) groups is 1. The van der Waals surface area contributed by atoms with Crippen molar-refractivity contribution in [3.05, 3.63) is 47.7 Å². The van der Waals surface area contributed by atoms with Gasteiger partial charge in [0.15, 0.2) is 10.9 Å². The van der Waals surface area contributed by atoms with Crippen LogP contribution in [0.5, 0.6) is 0 Å². The average Bonchev–Trinajstić information content (AvgIpc) is 3.50. The van der Waals surface area contributed by atoms with Crippen LogP contribution in [0.3, 0.4) is 0 Å². The van der Waals surface area contributed by atoms with E-state index in [4.69, 9.17) is 4.42 Å². The fourth-order valence-electron chi connectivity index (χ4n) is 4.32. The zero-order valence-corrected chi connectivity index (χ0v) is 20.7. The van der Waals surface area contributed by atoms with Crippen LogP contribution in [0.2, 0.25) is 0 Å². The molecule has 1 fully saturated rings. The van der Waals surface area contributed by atoms with Gasteiger partial charge in [0, 0.05) is 11.7 Å². The van der Waals surface area contributed by atoms with Crippen molar-refractivity contribution < 1.29 is 14.0 Å². The number of carbonyl (C=O) groups excluding carboxylic acids is 2. The molecule has 4 rings (SSSR count). The maximum atomic E-state index is 12.8. The quantitative estimate of drug-likeness (QED) is 0.444. The largest absolute Gasteiger partial charge is 0.461 e. The van der Waals surface area contributed by atoms with Crippen LogP contribution in [0.15, 0.2) is 46.2 Å². The molecule has 1 aliphatic rings. The van der Waals surface area contributed by atoms with E-state index in [0.717, 1.165) is 42.5 Å². The lowest BCUT2D eigenvalue weighted by Gasteiger charge is -2.25. The molecule has 2 heterocycles. The molecule has 2 aromatic heterocycles. The van der Waals surface area contributed by atoms with Crippen LogP contribution in [0.25, 0.3) is 11.6 Å². The van der Waals surface area contributed by atoms with E-state index in [-0.39, 0.29) is 24.4 Å². The van der Waals surface area contributed by atoms with Crippen LogP contribution in [0.4, 0.5) is 5.69 Å². The van der Waals surface area contributed by atoms with E-state index in [2.05, 4.69) is 25.4 Å². The normalized spacial score (nSPS) is 15.1. The third-order valence-electron chi connectivity index (χ3n) is 6.17. The van der Waals surface area contributed by atoms with Gasteiger partial charge >= 0.3 is 0 Å². The second-order valence-electron chi connectivity index (χ2n) is 8.74. The van der Waals surface area contributed by atoms with Crippen molar-refractivity contribution in [3.63, 3.8) is 0 Å². The van der Waals surface area contributed by atoms with Gasteiger partial charge in [-0.3, -0.25) is 14.2 Å². The number of carbonyl (C=O) groups is 2. The van der Waals surface area contributed by atoms with Crippen molar-refractivity contribution in [3.8, 4) is 11.6 Å². The monoisotopic (exact) mass is 481 g/mol. The number of rotatable bonds is 8. The summed E-state index contributed by atoms with van der Waals surface area (Å²) in [5.74, 6) is 0.887. The van der Waals surface area contributed by atoms with Gasteiger partial charge in [-0.15, -0.1) is 10.2 Å². The van der Waals surface area contributed by atoms with Crippen LogP contribution in [-0.2, 0) is 9.59 Å². The Balaban J connectivity index is 1.40. The van der Waals surface area contributed by atoms with Crippen molar-refractivity contribution in [2.24, 2.45) is 0 Å². The molecule has 1 aromatic carbocycles. The number of hydrogen-bond acceptors (Lipinski definition) is 6. The minimum absolute atomic E-state index is 0.0928. The number of hydrogen-bond donors (Lipinski definition) is 2. The van der Waals surface area contributed by atoms with E-state index in [1.165, 1.54) is 18.2 Å². The third kappa shape index (κ3) is 5.52. The van der Waals surface area contributed by atoms with Gasteiger partial charge in [0.1, 0.15) is 0 Å². The molecule has 1 aliphatic carbocycles. The van der Waals surface area contributed by atoms with Gasteiger partial charge < -0.3 is 15.1 Å². The molecule has 0 spiro atoms. The molecule has 9 heteroatoms. The van der Waals surface area contributed by atoms with Gasteiger partial charge in [0.2, 0.25) is 17.6 Å². The lowest BCUT2D eigenvalue weighted by Crippen LogP contribution is -2.37. The zero-order valence-electron chi connectivity index (χ0n) is 19.8. The lowest BCUT2D eigenvalue weighted by molar-refractivity contribution is -0.123. The lowest BCUT2D eigenvalue weighted by atomic mass is 9.95. The SMILES string of the molecule is Cc1cccc(C)c1NC(=O)CNC(=O)C(C)Sc1nnc(-c2ccco2)n1C1CCCCC1. The molecule has 180 valence electrons. The highest BCUT2D eigenvalue weighted by Crippen LogP contribution is 2.36. The minimum atomic E-state index is -0.441. The molecular weight excluding hydrogens is 450 g/mol. The molecule has 3 aromatic rings. The van der Waals surface area contributed by atoms with E-state index in [1.807, 2.05) is 51.1 Å². The van der Waals surface area contributed by atoms with E-state index in [9.17, 15) is 9.59 Å². The predicted octanol–water partition coefficient (Wildman–Crippen LogP) is 4.90. The Morgan fingerprint density at radius 2 is 1.85 bits per heavy atom. The number of aryl methyl sites for hydroxylation is 2. The van der Waals surface area contributed by atoms with Crippen molar-refractivity contribution in [2.75, 3.05) is 11.9 Å². The first-order valence-electron chi connectivity index (χ1n) is 11.7. The second-order valence-corrected chi connectivity index (χ2v) is 10.0. The Kier molecular flexibility index (Phi) is 7.72. The van der Waals surface area contributed by atoms with E-state index in [0.29, 0.717) is 16.7 Å². The Morgan fingerprint density at radius 1 is 1.12 bits per heavy atom. The number of aromatic nitrogens is 3. The van der Waals surface area contributed by atoms with Crippen molar-refractivity contribution in [1.82, 2.24) is 20.1 Å². The summed E-state index contributed by atoms with van der Waals surface area (Å²) >= 11 is 1.35. The number of nitrogens with zero attached hydrogens (tertiary/aromatic N) is 3. The Bertz CT molecular complexity index is 1120. The highest BCUT2D eigenvalue weighted by atomic mass is 32.2. The molecule has 2 amide bonds. The third-order valence-corrected chi connectivity index (χ3v) is 7.22. The maximum absolute atomic E-state index is 12.8. The Hall–Kier alpha value is -3.07. The van der Waals surface area contributed by atoms with E-state index >= 15 is 0 Å². The van der Waals surface area contributed by atoms with Crippen LogP contribution >= 0.6 is 11.8 Å². The molecular formula is C25H31N5O3S. The molecule has 0 radical (unpaired) electrons. The topological polar surface area (TPSA) is 102 Å². The van der Waals surface area contributed by atoms with Gasteiger partial charge in [0.05, 0.1) is 18.1 Å². The minimum Gasteiger partial charge on any atom is -0.461 e. The predicted molar refractivity (Wildman–Crippen MR) is 133 cm³/mol. The molecule has 0 saturated heterocycles. The number of benzene rings is 1.